The summed E-state index contributed by atoms with van der Waals surface area (Å²) >= 11 is 0. The zero-order valence-corrected chi connectivity index (χ0v) is 12.5. The van der Waals surface area contributed by atoms with Gasteiger partial charge in [0.05, 0.1) is 11.6 Å². The fraction of sp³-hybridized carbons (Fsp3) is 0.500. The Labute approximate surface area is 124 Å². The first kappa shape index (κ1) is 15.3. The number of amides is 1. The van der Waals surface area contributed by atoms with Crippen molar-refractivity contribution in [2.45, 2.75) is 50.9 Å². The van der Waals surface area contributed by atoms with Crippen molar-refractivity contribution in [1.82, 2.24) is 5.32 Å². The van der Waals surface area contributed by atoms with E-state index in [1.165, 1.54) is 0 Å². The molecule has 112 valence electrons. The van der Waals surface area contributed by atoms with E-state index in [0.29, 0.717) is 12.8 Å². The van der Waals surface area contributed by atoms with Gasteiger partial charge in [0.1, 0.15) is 5.60 Å². The third-order valence-corrected chi connectivity index (χ3v) is 3.53. The summed E-state index contributed by atoms with van der Waals surface area (Å²) < 4.78 is 5.25. The molecule has 0 bridgehead atoms. The molecule has 0 fully saturated rings. The molecule has 1 aromatic rings. The van der Waals surface area contributed by atoms with E-state index in [1.807, 2.05) is 30.3 Å². The molecule has 21 heavy (non-hydrogen) atoms. The monoisotopic (exact) mass is 288 g/mol. The number of nitriles is 1. The summed E-state index contributed by atoms with van der Waals surface area (Å²) in [5, 5.41) is 21.9. The summed E-state index contributed by atoms with van der Waals surface area (Å²) in [7, 11) is 0. The highest BCUT2D eigenvalue weighted by molar-refractivity contribution is 5.69. The van der Waals surface area contributed by atoms with Crippen LogP contribution in [0.25, 0.3) is 0 Å². The van der Waals surface area contributed by atoms with Gasteiger partial charge in [0.2, 0.25) is 0 Å². The molecule has 5 heteroatoms. The van der Waals surface area contributed by atoms with Gasteiger partial charge in [-0.15, -0.1) is 0 Å². The van der Waals surface area contributed by atoms with E-state index in [0.717, 1.165) is 11.1 Å². The number of alkyl carbamates (subject to hydrolysis) is 1. The Bertz CT molecular complexity index is 559. The molecule has 1 amide bonds. The van der Waals surface area contributed by atoms with Gasteiger partial charge in [-0.2, -0.15) is 5.26 Å². The molecule has 0 radical (unpaired) electrons. The molecule has 2 rings (SSSR count). The van der Waals surface area contributed by atoms with Crippen molar-refractivity contribution >= 4 is 6.09 Å². The van der Waals surface area contributed by atoms with E-state index in [4.69, 9.17) is 10.00 Å². The molecule has 1 aliphatic rings. The van der Waals surface area contributed by atoms with Gasteiger partial charge in [0.15, 0.2) is 6.10 Å². The Kier molecular flexibility index (Phi) is 3.93. The maximum atomic E-state index is 12.0. The van der Waals surface area contributed by atoms with Gasteiger partial charge in [-0.05, 0) is 44.7 Å². The number of aliphatic hydroxyl groups excluding tert-OH is 1. The summed E-state index contributed by atoms with van der Waals surface area (Å²) in [5.74, 6) is 0. The van der Waals surface area contributed by atoms with E-state index < -0.39 is 23.3 Å². The average Bonchev–Trinajstić information content (AvgIpc) is 2.74. The van der Waals surface area contributed by atoms with Crippen LogP contribution in [0.4, 0.5) is 4.79 Å². The van der Waals surface area contributed by atoms with Gasteiger partial charge in [-0.3, -0.25) is 0 Å². The number of carbonyl (C=O) groups is 1. The smallest absolute Gasteiger partial charge is 0.408 e. The second kappa shape index (κ2) is 5.38. The highest BCUT2D eigenvalue weighted by Crippen LogP contribution is 2.32. The Morgan fingerprint density at radius 3 is 2.33 bits per heavy atom. The fourth-order valence-corrected chi connectivity index (χ4v) is 2.63. The van der Waals surface area contributed by atoms with Crippen molar-refractivity contribution in [3.63, 3.8) is 0 Å². The highest BCUT2D eigenvalue weighted by Gasteiger charge is 2.45. The van der Waals surface area contributed by atoms with Crippen LogP contribution < -0.4 is 5.32 Å². The van der Waals surface area contributed by atoms with Crippen LogP contribution >= 0.6 is 0 Å². The Morgan fingerprint density at radius 1 is 1.38 bits per heavy atom. The third kappa shape index (κ3) is 3.34. The number of rotatable bonds is 2. The normalized spacial score (nSPS) is 17.5. The highest BCUT2D eigenvalue weighted by atomic mass is 16.6. The molecule has 2 N–H and O–H groups in total. The molecule has 5 nitrogen and oxygen atoms in total. The predicted octanol–water partition coefficient (Wildman–Crippen LogP) is 1.93. The molecular weight excluding hydrogens is 268 g/mol. The van der Waals surface area contributed by atoms with Crippen LogP contribution in [0.3, 0.4) is 0 Å². The molecule has 1 aromatic carbocycles. The number of aliphatic hydroxyl groups is 1. The van der Waals surface area contributed by atoms with Crippen molar-refractivity contribution in [3.05, 3.63) is 35.4 Å². The Hall–Kier alpha value is -2.06. The van der Waals surface area contributed by atoms with Crippen LogP contribution in [0.2, 0.25) is 0 Å². The van der Waals surface area contributed by atoms with Crippen molar-refractivity contribution in [2.24, 2.45) is 0 Å². The first-order valence-corrected chi connectivity index (χ1v) is 6.91. The predicted molar refractivity (Wildman–Crippen MR) is 77.6 cm³/mol. The van der Waals surface area contributed by atoms with Crippen LogP contribution in [0.5, 0.6) is 0 Å². The Balaban J connectivity index is 2.22. The van der Waals surface area contributed by atoms with Crippen LogP contribution in [-0.4, -0.2) is 28.4 Å². The number of hydrogen-bond donors (Lipinski definition) is 2. The van der Waals surface area contributed by atoms with Crippen molar-refractivity contribution in [1.29, 1.82) is 5.26 Å². The minimum atomic E-state index is -1.29. The molecule has 0 spiro atoms. The van der Waals surface area contributed by atoms with E-state index >= 15 is 0 Å². The zero-order valence-electron chi connectivity index (χ0n) is 12.5. The van der Waals surface area contributed by atoms with Gasteiger partial charge in [-0.1, -0.05) is 24.3 Å². The van der Waals surface area contributed by atoms with Gasteiger partial charge >= 0.3 is 6.09 Å². The number of benzene rings is 1. The Morgan fingerprint density at radius 2 is 1.90 bits per heavy atom. The third-order valence-electron chi connectivity index (χ3n) is 3.53. The van der Waals surface area contributed by atoms with Crippen LogP contribution in [0.15, 0.2) is 24.3 Å². The number of ether oxygens (including phenoxy) is 1. The van der Waals surface area contributed by atoms with Crippen molar-refractivity contribution < 1.29 is 14.6 Å². The molecule has 1 aliphatic carbocycles. The SMILES string of the molecule is CC(C)(C)OC(=O)NC1(C(O)C#N)Cc2ccccc2C1. The fourth-order valence-electron chi connectivity index (χ4n) is 2.63. The van der Waals surface area contributed by atoms with E-state index in [1.54, 1.807) is 20.8 Å². The van der Waals surface area contributed by atoms with Gasteiger partial charge in [-0.25, -0.2) is 4.79 Å². The summed E-state index contributed by atoms with van der Waals surface area (Å²) in [4.78, 5) is 12.0. The summed E-state index contributed by atoms with van der Waals surface area (Å²) in [6.07, 6.45) is -1.09. The lowest BCUT2D eigenvalue weighted by atomic mass is 9.89. The van der Waals surface area contributed by atoms with E-state index in [9.17, 15) is 9.90 Å². The van der Waals surface area contributed by atoms with Gasteiger partial charge in [0.25, 0.3) is 0 Å². The van der Waals surface area contributed by atoms with Crippen LogP contribution in [0, 0.1) is 11.3 Å². The maximum Gasteiger partial charge on any atom is 0.408 e. The van der Waals surface area contributed by atoms with Gasteiger partial charge < -0.3 is 15.2 Å². The largest absolute Gasteiger partial charge is 0.444 e. The molecule has 1 unspecified atom stereocenters. The van der Waals surface area contributed by atoms with Crippen molar-refractivity contribution in [3.8, 4) is 6.07 Å². The van der Waals surface area contributed by atoms with E-state index in [-0.39, 0.29) is 0 Å². The summed E-state index contributed by atoms with van der Waals surface area (Å²) in [6, 6.07) is 9.53. The van der Waals surface area contributed by atoms with Crippen LogP contribution in [-0.2, 0) is 17.6 Å². The second-order valence-corrected chi connectivity index (χ2v) is 6.44. The van der Waals surface area contributed by atoms with E-state index in [2.05, 4.69) is 5.32 Å². The molecule has 0 aromatic heterocycles. The summed E-state index contributed by atoms with van der Waals surface area (Å²) in [5.41, 5.74) is 0.403. The lowest BCUT2D eigenvalue weighted by molar-refractivity contribution is 0.0339. The topological polar surface area (TPSA) is 82.3 Å². The van der Waals surface area contributed by atoms with Crippen LogP contribution in [0.1, 0.15) is 31.9 Å². The zero-order chi connectivity index (χ0) is 15.7. The average molecular weight is 288 g/mol. The first-order chi connectivity index (χ1) is 9.76. The maximum absolute atomic E-state index is 12.0. The molecule has 0 aliphatic heterocycles. The molecule has 0 heterocycles. The first-order valence-electron chi connectivity index (χ1n) is 6.91. The molecule has 0 saturated carbocycles. The summed E-state index contributed by atoms with van der Waals surface area (Å²) in [6.45, 7) is 5.30. The molecule has 1 atom stereocenters. The number of fused-ring (bicyclic) bond motifs is 1. The molecule has 0 saturated heterocycles. The second-order valence-electron chi connectivity index (χ2n) is 6.44. The number of hydrogen-bond acceptors (Lipinski definition) is 4. The quantitative estimate of drug-likeness (QED) is 0.815. The van der Waals surface area contributed by atoms with Gasteiger partial charge in [0, 0.05) is 0 Å². The number of carbonyl (C=O) groups excluding carboxylic acids is 1. The lowest BCUT2D eigenvalue weighted by Crippen LogP contribution is -2.58. The molecular formula is C16H20N2O3. The number of nitrogens with zero attached hydrogens (tertiary/aromatic N) is 1. The number of nitrogens with one attached hydrogen (secondary N) is 1. The minimum Gasteiger partial charge on any atom is -0.444 e. The van der Waals surface area contributed by atoms with Crippen molar-refractivity contribution in [2.75, 3.05) is 0 Å². The standard InChI is InChI=1S/C16H20N2O3/c1-15(2,3)21-14(20)18-16(13(19)10-17)8-11-6-4-5-7-12(11)9-16/h4-7,13,19H,8-9H2,1-3H3,(H,18,20). The lowest BCUT2D eigenvalue weighted by Gasteiger charge is -2.32. The minimum absolute atomic E-state index is 0.414.